The molecule has 0 spiro atoms. The van der Waals surface area contributed by atoms with Crippen molar-refractivity contribution in [3.8, 4) is 16.9 Å². The standard InChI is InChI=1S/C43H66N4O6/c1-10-11-13-26(2)20-33(24-46(7)8)44-41(50)30-18-16-29(17-19-30)34-15-12-14-31(40(34)52-9)23-47-39(38(28(4)49)37(25-48)53-47)42(51)45-36-22-32-21-35(27(36)3)43(32,5)6/h12,14-19,26-28,32-33,35-39,48-49H,10-11,13,20-25H2,1-9H3,(H,44,50)(H,45,51)/t26?,27-,28-,32-,33-,35+,36-,37-,38+,39-/m0/s1. The molecule has 4 N–H and O–H groups in total. The Kier molecular flexibility index (Phi) is 13.7. The van der Waals surface area contributed by atoms with Crippen LogP contribution in [-0.2, 0) is 16.2 Å². The lowest BCUT2D eigenvalue weighted by molar-refractivity contribution is -0.183. The van der Waals surface area contributed by atoms with E-state index in [9.17, 15) is 19.8 Å². The van der Waals surface area contributed by atoms with Crippen molar-refractivity contribution < 1.29 is 29.4 Å². The van der Waals surface area contributed by atoms with Crippen molar-refractivity contribution in [2.24, 2.45) is 35.0 Å². The zero-order chi connectivity index (χ0) is 38.6. The van der Waals surface area contributed by atoms with Crippen LogP contribution in [0.15, 0.2) is 42.5 Å². The second-order valence-electron chi connectivity index (χ2n) is 17.2. The molecular weight excluding hydrogens is 668 g/mol. The SMILES string of the molecule is CCCCC(C)C[C@@H](CN(C)C)NC(=O)c1ccc(-c2cccc(CN3O[C@@H](CO)[C@@H]([C@H](C)O)[C@H]3C(=O)N[C@H]3C[C@@H]4C[C@H]([C@@H]3C)C4(C)C)c2OC)cc1. The van der Waals surface area contributed by atoms with Crippen LogP contribution in [0.2, 0.25) is 0 Å². The van der Waals surface area contributed by atoms with Gasteiger partial charge in [0.2, 0.25) is 5.91 Å². The lowest BCUT2D eigenvalue weighted by Crippen LogP contribution is -2.62. The summed E-state index contributed by atoms with van der Waals surface area (Å²) < 4.78 is 6.00. The van der Waals surface area contributed by atoms with E-state index in [0.717, 1.165) is 42.5 Å². The quantitative estimate of drug-likeness (QED) is 0.159. The topological polar surface area (TPSA) is 124 Å². The minimum atomic E-state index is -0.879. The predicted molar refractivity (Wildman–Crippen MR) is 209 cm³/mol. The highest BCUT2D eigenvalue weighted by atomic mass is 16.7. The zero-order valence-electron chi connectivity index (χ0n) is 33.6. The van der Waals surface area contributed by atoms with Crippen molar-refractivity contribution in [1.29, 1.82) is 0 Å². The molecule has 294 valence electrons. The van der Waals surface area contributed by atoms with Gasteiger partial charge in [0, 0.05) is 41.2 Å². The monoisotopic (exact) mass is 734 g/mol. The van der Waals surface area contributed by atoms with E-state index in [1.807, 2.05) is 56.6 Å². The lowest BCUT2D eigenvalue weighted by Gasteiger charge is -2.62. The molecule has 2 aromatic carbocycles. The van der Waals surface area contributed by atoms with E-state index in [-0.39, 0.29) is 37.0 Å². The first kappa shape index (κ1) is 41.1. The van der Waals surface area contributed by atoms with E-state index in [2.05, 4.69) is 50.2 Å². The third-order valence-corrected chi connectivity index (χ3v) is 12.8. The Morgan fingerprint density at radius 1 is 1.11 bits per heavy atom. The number of nitrogens with one attached hydrogen (secondary N) is 2. The van der Waals surface area contributed by atoms with Crippen molar-refractivity contribution >= 4 is 11.8 Å². The minimum Gasteiger partial charge on any atom is -0.496 e. The first-order chi connectivity index (χ1) is 25.2. The molecule has 1 heterocycles. The van der Waals surface area contributed by atoms with E-state index in [1.54, 1.807) is 19.1 Å². The van der Waals surface area contributed by atoms with Gasteiger partial charge in [0.05, 0.1) is 26.4 Å². The number of para-hydroxylation sites is 1. The minimum absolute atomic E-state index is 0.0556. The summed E-state index contributed by atoms with van der Waals surface area (Å²) >= 11 is 0. The Morgan fingerprint density at radius 2 is 1.83 bits per heavy atom. The molecule has 10 nitrogen and oxygen atoms in total. The maximum absolute atomic E-state index is 14.2. The van der Waals surface area contributed by atoms with Crippen molar-refractivity contribution in [3.63, 3.8) is 0 Å². The van der Waals surface area contributed by atoms with E-state index in [0.29, 0.717) is 40.4 Å². The van der Waals surface area contributed by atoms with Crippen molar-refractivity contribution in [2.45, 2.75) is 117 Å². The van der Waals surface area contributed by atoms with Crippen LogP contribution in [0.5, 0.6) is 5.75 Å². The number of methoxy groups -OCH3 is 1. The molecule has 6 rings (SSSR count). The van der Waals surface area contributed by atoms with Gasteiger partial charge in [-0.15, -0.1) is 0 Å². The molecule has 10 atom stereocenters. The van der Waals surface area contributed by atoms with Gasteiger partial charge in [-0.1, -0.05) is 84.2 Å². The highest BCUT2D eigenvalue weighted by Crippen LogP contribution is 2.61. The molecule has 1 saturated heterocycles. The molecule has 0 aromatic heterocycles. The first-order valence-electron chi connectivity index (χ1n) is 19.9. The molecular formula is C43H66N4O6. The van der Waals surface area contributed by atoms with Gasteiger partial charge in [-0.05, 0) is 87.1 Å². The van der Waals surface area contributed by atoms with E-state index < -0.39 is 24.2 Å². The number of fused-ring (bicyclic) bond motifs is 2. The van der Waals surface area contributed by atoms with Crippen LogP contribution in [-0.4, -0.2) is 96.7 Å². The van der Waals surface area contributed by atoms with Crippen molar-refractivity contribution in [2.75, 3.05) is 34.4 Å². The third-order valence-electron chi connectivity index (χ3n) is 12.8. The maximum atomic E-state index is 14.2. The predicted octanol–water partition coefficient (Wildman–Crippen LogP) is 5.90. The van der Waals surface area contributed by atoms with Crippen LogP contribution < -0.4 is 15.4 Å². The van der Waals surface area contributed by atoms with Gasteiger partial charge < -0.3 is 30.5 Å². The molecule has 4 fully saturated rings. The average molecular weight is 735 g/mol. The number of rotatable bonds is 17. The summed E-state index contributed by atoms with van der Waals surface area (Å²) in [6.07, 6.45) is 5.01. The zero-order valence-corrected chi connectivity index (χ0v) is 33.6. The van der Waals surface area contributed by atoms with Crippen LogP contribution in [0.4, 0.5) is 0 Å². The highest BCUT2D eigenvalue weighted by Gasteiger charge is 2.57. The Hall–Kier alpha value is -3.02. The van der Waals surface area contributed by atoms with Crippen LogP contribution >= 0.6 is 0 Å². The fourth-order valence-corrected chi connectivity index (χ4v) is 9.68. The maximum Gasteiger partial charge on any atom is 0.251 e. The number of aliphatic hydroxyl groups is 2. The number of ether oxygens (including phenoxy) is 1. The van der Waals surface area contributed by atoms with Gasteiger partial charge in [0.1, 0.15) is 17.9 Å². The third kappa shape index (κ3) is 9.10. The summed E-state index contributed by atoms with van der Waals surface area (Å²) in [6.45, 7) is 13.7. The molecule has 0 radical (unpaired) electrons. The second kappa shape index (κ2) is 17.6. The summed E-state index contributed by atoms with van der Waals surface area (Å²) in [5.41, 5.74) is 3.42. The number of carbonyl (C=O) groups excluding carboxylic acids is 2. The number of hydrogen-bond acceptors (Lipinski definition) is 8. The van der Waals surface area contributed by atoms with Gasteiger partial charge in [-0.3, -0.25) is 14.4 Å². The molecule has 1 unspecified atom stereocenters. The van der Waals surface area contributed by atoms with Gasteiger partial charge >= 0.3 is 0 Å². The van der Waals surface area contributed by atoms with E-state index in [1.165, 1.54) is 19.3 Å². The number of benzene rings is 2. The second-order valence-corrected chi connectivity index (χ2v) is 17.2. The van der Waals surface area contributed by atoms with Gasteiger partial charge in [-0.2, -0.15) is 5.06 Å². The lowest BCUT2D eigenvalue weighted by atomic mass is 9.45. The van der Waals surface area contributed by atoms with E-state index in [4.69, 9.17) is 9.57 Å². The van der Waals surface area contributed by atoms with Gasteiger partial charge in [0.15, 0.2) is 0 Å². The Labute approximate surface area is 317 Å². The fraction of sp³-hybridized carbons (Fsp3) is 0.674. The summed E-state index contributed by atoms with van der Waals surface area (Å²) in [4.78, 5) is 35.9. The number of unbranched alkanes of at least 4 members (excludes halogenated alkanes) is 1. The number of amides is 2. The molecule has 53 heavy (non-hydrogen) atoms. The van der Waals surface area contributed by atoms with Crippen LogP contribution in [0.3, 0.4) is 0 Å². The first-order valence-corrected chi connectivity index (χ1v) is 19.9. The molecule has 2 aromatic rings. The van der Waals surface area contributed by atoms with Gasteiger partial charge in [0.25, 0.3) is 5.91 Å². The number of nitrogens with zero attached hydrogens (tertiary/aromatic N) is 2. The molecule has 2 amide bonds. The van der Waals surface area contributed by atoms with Crippen LogP contribution in [0.1, 0.15) is 96.0 Å². The molecule has 10 heteroatoms. The molecule has 3 aliphatic carbocycles. The summed E-state index contributed by atoms with van der Waals surface area (Å²) in [5.74, 6) is 1.78. The van der Waals surface area contributed by atoms with Gasteiger partial charge in [-0.25, -0.2) is 0 Å². The molecule has 4 aliphatic rings. The summed E-state index contributed by atoms with van der Waals surface area (Å²) in [6, 6.07) is 12.7. The number of hydrogen-bond donors (Lipinski definition) is 4. The smallest absolute Gasteiger partial charge is 0.251 e. The number of aliphatic hydroxyl groups excluding tert-OH is 2. The average Bonchev–Trinajstić information content (AvgIpc) is 3.49. The summed E-state index contributed by atoms with van der Waals surface area (Å²) in [5, 5.41) is 29.4. The Bertz CT molecular complexity index is 1530. The Morgan fingerprint density at radius 3 is 2.42 bits per heavy atom. The highest BCUT2D eigenvalue weighted by molar-refractivity contribution is 5.95. The van der Waals surface area contributed by atoms with Crippen LogP contribution in [0.25, 0.3) is 11.1 Å². The van der Waals surface area contributed by atoms with Crippen molar-refractivity contribution in [3.05, 3.63) is 53.6 Å². The molecule has 1 aliphatic heterocycles. The number of carbonyl (C=O) groups is 2. The number of hydroxylamine groups is 2. The largest absolute Gasteiger partial charge is 0.496 e. The van der Waals surface area contributed by atoms with E-state index >= 15 is 0 Å². The molecule has 2 bridgehead atoms. The Balaban J connectivity index is 1.33. The normalized spacial score (nSPS) is 28.2. The molecule has 3 saturated carbocycles. The number of likely N-dealkylation sites (N-methyl/N-ethyl adjacent to an activating group) is 1. The fourth-order valence-electron chi connectivity index (χ4n) is 9.68. The van der Waals surface area contributed by atoms with Crippen LogP contribution in [0, 0.1) is 35.0 Å². The van der Waals surface area contributed by atoms with Crippen molar-refractivity contribution in [1.82, 2.24) is 20.6 Å². The summed E-state index contributed by atoms with van der Waals surface area (Å²) in [7, 11) is 5.69.